The molecule has 3 atom stereocenters. The summed E-state index contributed by atoms with van der Waals surface area (Å²) < 4.78 is 0. The molecule has 2 bridgehead atoms. The molecule has 0 amide bonds. The molecule has 2 saturated carbocycles. The maximum absolute atomic E-state index is 4.19. The maximum Gasteiger partial charge on any atom is -0.0177 e. The Hall–Kier alpha value is -0.260. The highest BCUT2D eigenvalue weighted by atomic mass is 14.5. The minimum atomic E-state index is 0.902. The van der Waals surface area contributed by atoms with Crippen molar-refractivity contribution in [2.24, 2.45) is 17.8 Å². The largest absolute Gasteiger partial charge is 0.0993 e. The predicted octanol–water partition coefficient (Wildman–Crippen LogP) is 3.00. The van der Waals surface area contributed by atoms with Crippen LogP contribution >= 0.6 is 0 Å². The monoisotopic (exact) mass is 136 g/mol. The third kappa shape index (κ3) is 0.680. The van der Waals surface area contributed by atoms with Crippen molar-refractivity contribution in [3.05, 3.63) is 12.2 Å². The first-order valence-corrected chi connectivity index (χ1v) is 4.51. The lowest BCUT2D eigenvalue weighted by Crippen LogP contribution is -2.11. The van der Waals surface area contributed by atoms with Crippen LogP contribution in [0, 0.1) is 17.8 Å². The Labute approximate surface area is 63.3 Å². The molecule has 2 rings (SSSR count). The van der Waals surface area contributed by atoms with Crippen molar-refractivity contribution in [2.75, 3.05) is 0 Å². The highest BCUT2D eigenvalue weighted by Crippen LogP contribution is 2.52. The van der Waals surface area contributed by atoms with Gasteiger partial charge in [0.25, 0.3) is 0 Å². The van der Waals surface area contributed by atoms with E-state index in [0.29, 0.717) is 0 Å². The first-order valence-electron chi connectivity index (χ1n) is 4.51. The number of allylic oxidation sites excluding steroid dienone is 1. The van der Waals surface area contributed by atoms with Crippen LogP contribution in [0.3, 0.4) is 0 Å². The average molecular weight is 136 g/mol. The zero-order valence-corrected chi connectivity index (χ0v) is 6.77. The lowest BCUT2D eigenvalue weighted by Gasteiger charge is -2.22. The van der Waals surface area contributed by atoms with Gasteiger partial charge in [-0.3, -0.25) is 0 Å². The van der Waals surface area contributed by atoms with E-state index >= 15 is 0 Å². The molecule has 2 aliphatic rings. The van der Waals surface area contributed by atoms with Crippen molar-refractivity contribution >= 4 is 0 Å². The van der Waals surface area contributed by atoms with Gasteiger partial charge < -0.3 is 0 Å². The molecule has 0 spiro atoms. The van der Waals surface area contributed by atoms with Gasteiger partial charge in [0.1, 0.15) is 0 Å². The first-order chi connectivity index (χ1) is 4.83. The zero-order chi connectivity index (χ0) is 7.14. The number of hydrogen-bond donors (Lipinski definition) is 0. The molecule has 10 heavy (non-hydrogen) atoms. The lowest BCUT2D eigenvalue weighted by molar-refractivity contribution is 0.396. The van der Waals surface area contributed by atoms with Crippen LogP contribution in [0.25, 0.3) is 0 Å². The summed E-state index contributed by atoms with van der Waals surface area (Å²) in [6.45, 7) is 6.49. The van der Waals surface area contributed by atoms with Crippen LogP contribution in [0.5, 0.6) is 0 Å². The fourth-order valence-electron chi connectivity index (χ4n) is 2.92. The van der Waals surface area contributed by atoms with E-state index in [1.165, 1.54) is 25.7 Å². The number of hydrogen-bond acceptors (Lipinski definition) is 0. The molecule has 0 radical (unpaired) electrons. The van der Waals surface area contributed by atoms with Gasteiger partial charge in [0, 0.05) is 0 Å². The van der Waals surface area contributed by atoms with Crippen LogP contribution in [0.2, 0.25) is 0 Å². The summed E-state index contributed by atoms with van der Waals surface area (Å²) in [5, 5.41) is 0. The van der Waals surface area contributed by atoms with Gasteiger partial charge in [-0.2, -0.15) is 0 Å². The van der Waals surface area contributed by atoms with Crippen LogP contribution in [0.4, 0.5) is 0 Å². The first kappa shape index (κ1) is 6.45. The highest BCUT2D eigenvalue weighted by molar-refractivity contribution is 5.17. The smallest absolute Gasteiger partial charge is 0.0177 e. The minimum absolute atomic E-state index is 0.902. The van der Waals surface area contributed by atoms with E-state index in [-0.39, 0.29) is 0 Å². The summed E-state index contributed by atoms with van der Waals surface area (Å²) >= 11 is 0. The van der Waals surface area contributed by atoms with E-state index in [2.05, 4.69) is 13.5 Å². The SMILES string of the molecule is C=C1C2CCC(C2)C1CC. The van der Waals surface area contributed by atoms with E-state index < -0.39 is 0 Å². The van der Waals surface area contributed by atoms with E-state index in [9.17, 15) is 0 Å². The Morgan fingerprint density at radius 3 is 2.70 bits per heavy atom. The Morgan fingerprint density at radius 2 is 2.30 bits per heavy atom. The van der Waals surface area contributed by atoms with Gasteiger partial charge in [0.05, 0.1) is 0 Å². The molecule has 0 aromatic heterocycles. The molecule has 0 N–H and O–H groups in total. The summed E-state index contributed by atoms with van der Waals surface area (Å²) in [4.78, 5) is 0. The van der Waals surface area contributed by atoms with Gasteiger partial charge in [0.2, 0.25) is 0 Å². The predicted molar refractivity (Wildman–Crippen MR) is 43.8 cm³/mol. The van der Waals surface area contributed by atoms with E-state index in [4.69, 9.17) is 0 Å². The van der Waals surface area contributed by atoms with Gasteiger partial charge in [-0.05, 0) is 43.4 Å². The molecule has 0 aromatic rings. The van der Waals surface area contributed by atoms with Gasteiger partial charge in [-0.15, -0.1) is 0 Å². The standard InChI is InChI=1S/C10H16/c1-3-10-7(2)8-4-5-9(10)6-8/h8-10H,2-6H2,1H3. The van der Waals surface area contributed by atoms with Crippen molar-refractivity contribution in [2.45, 2.75) is 32.6 Å². The minimum Gasteiger partial charge on any atom is -0.0993 e. The van der Waals surface area contributed by atoms with Crippen LogP contribution in [-0.2, 0) is 0 Å². The van der Waals surface area contributed by atoms with Crippen LogP contribution in [0.1, 0.15) is 32.6 Å². The van der Waals surface area contributed by atoms with Gasteiger partial charge in [-0.1, -0.05) is 19.1 Å². The van der Waals surface area contributed by atoms with Crippen molar-refractivity contribution in [1.29, 1.82) is 0 Å². The summed E-state index contributed by atoms with van der Waals surface area (Å²) in [6, 6.07) is 0. The molecular weight excluding hydrogens is 120 g/mol. The molecule has 3 unspecified atom stereocenters. The lowest BCUT2D eigenvalue weighted by atomic mass is 9.84. The van der Waals surface area contributed by atoms with E-state index in [0.717, 1.165) is 17.8 Å². The summed E-state index contributed by atoms with van der Waals surface area (Å²) in [5.74, 6) is 2.86. The van der Waals surface area contributed by atoms with Crippen molar-refractivity contribution in [1.82, 2.24) is 0 Å². The second kappa shape index (κ2) is 2.11. The molecule has 0 aliphatic heterocycles. The Morgan fingerprint density at radius 1 is 1.50 bits per heavy atom. The van der Waals surface area contributed by atoms with Crippen LogP contribution in [0.15, 0.2) is 12.2 Å². The van der Waals surface area contributed by atoms with Gasteiger partial charge >= 0.3 is 0 Å². The number of fused-ring (bicyclic) bond motifs is 2. The Kier molecular flexibility index (Phi) is 1.36. The summed E-state index contributed by atoms with van der Waals surface area (Å²) in [6.07, 6.45) is 5.74. The molecule has 0 heterocycles. The van der Waals surface area contributed by atoms with Gasteiger partial charge in [-0.25, -0.2) is 0 Å². The van der Waals surface area contributed by atoms with Crippen molar-refractivity contribution in [3.63, 3.8) is 0 Å². The maximum atomic E-state index is 4.19. The molecular formula is C10H16. The summed E-state index contributed by atoms with van der Waals surface area (Å²) in [5.41, 5.74) is 1.58. The van der Waals surface area contributed by atoms with Crippen molar-refractivity contribution in [3.8, 4) is 0 Å². The fraction of sp³-hybridized carbons (Fsp3) is 0.800. The average Bonchev–Trinajstić information content (AvgIpc) is 2.46. The molecule has 0 aromatic carbocycles. The van der Waals surface area contributed by atoms with Crippen LogP contribution in [-0.4, -0.2) is 0 Å². The van der Waals surface area contributed by atoms with E-state index in [1.807, 2.05) is 0 Å². The molecule has 56 valence electrons. The quantitative estimate of drug-likeness (QED) is 0.486. The van der Waals surface area contributed by atoms with Crippen molar-refractivity contribution < 1.29 is 0 Å². The fourth-order valence-corrected chi connectivity index (χ4v) is 2.92. The normalized spacial score (nSPS) is 44.9. The molecule has 0 nitrogen and oxygen atoms in total. The second-order valence-corrected chi connectivity index (χ2v) is 3.86. The Balaban J connectivity index is 2.17. The van der Waals surface area contributed by atoms with E-state index in [1.54, 1.807) is 5.57 Å². The second-order valence-electron chi connectivity index (χ2n) is 3.86. The third-order valence-electron chi connectivity index (χ3n) is 3.48. The molecule has 2 fully saturated rings. The van der Waals surface area contributed by atoms with Crippen LogP contribution < -0.4 is 0 Å². The molecule has 2 aliphatic carbocycles. The zero-order valence-electron chi connectivity index (χ0n) is 6.77. The highest BCUT2D eigenvalue weighted by Gasteiger charge is 2.41. The topological polar surface area (TPSA) is 0 Å². The summed E-state index contributed by atoms with van der Waals surface area (Å²) in [7, 11) is 0. The number of rotatable bonds is 1. The third-order valence-corrected chi connectivity index (χ3v) is 3.48. The molecule has 0 saturated heterocycles. The molecule has 0 heteroatoms. The Bertz CT molecular complexity index is 157. The van der Waals surface area contributed by atoms with Gasteiger partial charge in [0.15, 0.2) is 0 Å².